The van der Waals surface area contributed by atoms with Gasteiger partial charge in [0.2, 0.25) is 5.91 Å². The minimum absolute atomic E-state index is 0.232. The molecule has 0 radical (unpaired) electrons. The maximum Gasteiger partial charge on any atom is 0.335 e. The van der Waals surface area contributed by atoms with Crippen LogP contribution in [0, 0.1) is 0 Å². The van der Waals surface area contributed by atoms with E-state index in [1.165, 1.54) is 0 Å². The molecule has 0 spiro atoms. The van der Waals surface area contributed by atoms with E-state index in [0.717, 1.165) is 29.8 Å². The largest absolute Gasteiger partial charge is 0.478 e. The number of benzene rings is 2. The number of carbonyl (C=O) groups is 2. The molecule has 0 bridgehead atoms. The lowest BCUT2D eigenvalue weighted by molar-refractivity contribution is -0.128. The van der Waals surface area contributed by atoms with Gasteiger partial charge in [0, 0.05) is 31.7 Å². The first-order chi connectivity index (χ1) is 11.6. The first-order valence-electron chi connectivity index (χ1n) is 8.04. The van der Waals surface area contributed by atoms with Crippen LogP contribution in [0.15, 0.2) is 48.5 Å². The molecular formula is C19H20N2O3. The molecule has 1 aliphatic rings. The highest BCUT2D eigenvalue weighted by atomic mass is 16.4. The van der Waals surface area contributed by atoms with Gasteiger partial charge in [-0.3, -0.25) is 4.79 Å². The number of amides is 1. The average molecular weight is 324 g/mol. The number of carbonyl (C=O) groups excluding carboxylic acids is 1. The molecule has 1 heterocycles. The molecule has 0 unspecified atom stereocenters. The van der Waals surface area contributed by atoms with Gasteiger partial charge in [-0.25, -0.2) is 4.79 Å². The van der Waals surface area contributed by atoms with Gasteiger partial charge in [-0.1, -0.05) is 24.3 Å². The Labute approximate surface area is 140 Å². The Bertz CT molecular complexity index is 741. The second kappa shape index (κ2) is 7.17. The summed E-state index contributed by atoms with van der Waals surface area (Å²) in [5.74, 6) is -0.687. The van der Waals surface area contributed by atoms with E-state index >= 15 is 0 Å². The molecule has 5 heteroatoms. The number of anilines is 1. The molecule has 0 aliphatic carbocycles. The summed E-state index contributed by atoms with van der Waals surface area (Å²) in [6, 6.07) is 14.9. The summed E-state index contributed by atoms with van der Waals surface area (Å²) in [5.41, 5.74) is 3.29. The predicted octanol–water partition coefficient (Wildman–Crippen LogP) is 3.12. The Morgan fingerprint density at radius 2 is 1.92 bits per heavy atom. The lowest BCUT2D eigenvalue weighted by Gasteiger charge is -2.16. The Kier molecular flexibility index (Phi) is 4.79. The van der Waals surface area contributed by atoms with Gasteiger partial charge >= 0.3 is 5.97 Å². The van der Waals surface area contributed by atoms with E-state index in [4.69, 9.17) is 5.11 Å². The molecule has 24 heavy (non-hydrogen) atoms. The topological polar surface area (TPSA) is 69.6 Å². The molecule has 1 fully saturated rings. The van der Waals surface area contributed by atoms with E-state index in [2.05, 4.69) is 5.32 Å². The highest BCUT2D eigenvalue weighted by Gasteiger charge is 2.19. The SMILES string of the molecule is O=C(O)c1cccc(CNc2ccc(CN3CCCC3=O)cc2)c1. The van der Waals surface area contributed by atoms with E-state index in [1.807, 2.05) is 35.2 Å². The molecule has 5 nitrogen and oxygen atoms in total. The first-order valence-corrected chi connectivity index (χ1v) is 8.04. The van der Waals surface area contributed by atoms with Gasteiger partial charge in [0.05, 0.1) is 5.56 Å². The molecule has 3 rings (SSSR count). The van der Waals surface area contributed by atoms with Crippen LogP contribution >= 0.6 is 0 Å². The summed E-state index contributed by atoms with van der Waals surface area (Å²) in [7, 11) is 0. The number of aromatic carboxylic acids is 1. The normalized spacial score (nSPS) is 14.0. The summed E-state index contributed by atoms with van der Waals surface area (Å²) in [6.07, 6.45) is 1.61. The second-order valence-corrected chi connectivity index (χ2v) is 5.97. The van der Waals surface area contributed by atoms with E-state index in [0.29, 0.717) is 25.1 Å². The van der Waals surface area contributed by atoms with E-state index in [9.17, 15) is 9.59 Å². The van der Waals surface area contributed by atoms with Gasteiger partial charge in [-0.15, -0.1) is 0 Å². The zero-order chi connectivity index (χ0) is 16.9. The molecule has 0 aromatic heterocycles. The van der Waals surface area contributed by atoms with Crippen molar-refractivity contribution in [3.63, 3.8) is 0 Å². The third-order valence-corrected chi connectivity index (χ3v) is 4.17. The molecule has 1 saturated heterocycles. The number of likely N-dealkylation sites (tertiary alicyclic amines) is 1. The summed E-state index contributed by atoms with van der Waals surface area (Å²) < 4.78 is 0. The minimum Gasteiger partial charge on any atom is -0.478 e. The van der Waals surface area contributed by atoms with Crippen molar-refractivity contribution in [1.82, 2.24) is 4.90 Å². The Balaban J connectivity index is 1.57. The predicted molar refractivity (Wildman–Crippen MR) is 91.8 cm³/mol. The lowest BCUT2D eigenvalue weighted by Crippen LogP contribution is -2.23. The van der Waals surface area contributed by atoms with Crippen molar-refractivity contribution in [2.45, 2.75) is 25.9 Å². The molecule has 124 valence electrons. The maximum atomic E-state index is 11.7. The van der Waals surface area contributed by atoms with Crippen molar-refractivity contribution in [2.24, 2.45) is 0 Å². The average Bonchev–Trinajstić information content (AvgIpc) is 2.99. The second-order valence-electron chi connectivity index (χ2n) is 5.97. The quantitative estimate of drug-likeness (QED) is 0.856. The molecule has 0 atom stereocenters. The standard InChI is InChI=1S/C19H20N2O3/c22-18-5-2-10-21(18)13-14-6-8-17(9-7-14)20-12-15-3-1-4-16(11-15)19(23)24/h1,3-4,6-9,11,20H,2,5,10,12-13H2,(H,23,24). The summed E-state index contributed by atoms with van der Waals surface area (Å²) >= 11 is 0. The number of rotatable bonds is 6. The number of hydrogen-bond donors (Lipinski definition) is 2. The smallest absolute Gasteiger partial charge is 0.335 e. The highest BCUT2D eigenvalue weighted by Crippen LogP contribution is 2.17. The van der Waals surface area contributed by atoms with Gasteiger partial charge in [0.25, 0.3) is 0 Å². The number of nitrogens with zero attached hydrogens (tertiary/aromatic N) is 1. The first kappa shape index (κ1) is 16.1. The lowest BCUT2D eigenvalue weighted by atomic mass is 10.1. The summed E-state index contributed by atoms with van der Waals surface area (Å²) in [5, 5.41) is 12.3. The van der Waals surface area contributed by atoms with Crippen LogP contribution in [0.4, 0.5) is 5.69 Å². The highest BCUT2D eigenvalue weighted by molar-refractivity contribution is 5.87. The molecule has 0 saturated carbocycles. The number of nitrogens with one attached hydrogen (secondary N) is 1. The van der Waals surface area contributed by atoms with Gasteiger partial charge in [0.15, 0.2) is 0 Å². The molecule has 2 N–H and O–H groups in total. The van der Waals surface area contributed by atoms with Crippen LogP contribution in [0.3, 0.4) is 0 Å². The Morgan fingerprint density at radius 3 is 2.58 bits per heavy atom. The van der Waals surface area contributed by atoms with Crippen LogP contribution in [-0.2, 0) is 17.9 Å². The fourth-order valence-electron chi connectivity index (χ4n) is 2.84. The van der Waals surface area contributed by atoms with Crippen LogP contribution in [0.5, 0.6) is 0 Å². The van der Waals surface area contributed by atoms with Crippen molar-refractivity contribution < 1.29 is 14.7 Å². The van der Waals surface area contributed by atoms with Crippen LogP contribution in [0.2, 0.25) is 0 Å². The van der Waals surface area contributed by atoms with Gasteiger partial charge in [-0.05, 0) is 41.8 Å². The molecule has 1 aliphatic heterocycles. The third-order valence-electron chi connectivity index (χ3n) is 4.17. The van der Waals surface area contributed by atoms with Gasteiger partial charge in [0.1, 0.15) is 0 Å². The zero-order valence-electron chi connectivity index (χ0n) is 13.4. The number of hydrogen-bond acceptors (Lipinski definition) is 3. The molecular weight excluding hydrogens is 304 g/mol. The van der Waals surface area contributed by atoms with Crippen molar-refractivity contribution in [3.05, 3.63) is 65.2 Å². The van der Waals surface area contributed by atoms with Gasteiger partial charge < -0.3 is 15.3 Å². The van der Waals surface area contributed by atoms with Crippen molar-refractivity contribution in [3.8, 4) is 0 Å². The Morgan fingerprint density at radius 1 is 1.12 bits per heavy atom. The van der Waals surface area contributed by atoms with E-state index < -0.39 is 5.97 Å². The van der Waals surface area contributed by atoms with Crippen LogP contribution in [0.25, 0.3) is 0 Å². The Hall–Kier alpha value is -2.82. The fourth-order valence-corrected chi connectivity index (χ4v) is 2.84. The van der Waals surface area contributed by atoms with Crippen molar-refractivity contribution >= 4 is 17.6 Å². The van der Waals surface area contributed by atoms with Crippen molar-refractivity contribution in [2.75, 3.05) is 11.9 Å². The van der Waals surface area contributed by atoms with E-state index in [1.54, 1.807) is 18.2 Å². The molecule has 1 amide bonds. The van der Waals surface area contributed by atoms with Crippen molar-refractivity contribution in [1.29, 1.82) is 0 Å². The monoisotopic (exact) mass is 324 g/mol. The number of carboxylic acid groups (broad SMARTS) is 1. The number of carboxylic acids is 1. The minimum atomic E-state index is -0.919. The zero-order valence-corrected chi connectivity index (χ0v) is 13.4. The third kappa shape index (κ3) is 3.93. The van der Waals surface area contributed by atoms with Crippen LogP contribution < -0.4 is 5.32 Å². The molecule has 2 aromatic carbocycles. The molecule has 2 aromatic rings. The summed E-state index contributed by atoms with van der Waals surface area (Å²) in [4.78, 5) is 24.5. The van der Waals surface area contributed by atoms with Gasteiger partial charge in [-0.2, -0.15) is 0 Å². The summed E-state index contributed by atoms with van der Waals surface area (Å²) in [6.45, 7) is 2.07. The van der Waals surface area contributed by atoms with E-state index in [-0.39, 0.29) is 5.91 Å². The maximum absolute atomic E-state index is 11.7. The fraction of sp³-hybridized carbons (Fsp3) is 0.263. The van der Waals surface area contributed by atoms with Crippen LogP contribution in [-0.4, -0.2) is 28.4 Å². The van der Waals surface area contributed by atoms with Crippen LogP contribution in [0.1, 0.15) is 34.3 Å².